The molecule has 0 saturated heterocycles. The Morgan fingerprint density at radius 1 is 1.13 bits per heavy atom. The zero-order valence-electron chi connectivity index (χ0n) is 16.8. The number of nitrogens with zero attached hydrogens (tertiary/aromatic N) is 7. The molecule has 9 heteroatoms. The van der Waals surface area contributed by atoms with E-state index in [0.29, 0.717) is 27.7 Å². The quantitative estimate of drug-likeness (QED) is 0.461. The first kappa shape index (κ1) is 19.0. The summed E-state index contributed by atoms with van der Waals surface area (Å²) < 4.78 is 3.56. The SMILES string of the molecule is Cc1nn(C(C)c2nn(-c3ccccc3C#N)c3cc(Cl)ccc23)c2ncnc(N)c12. The lowest BCUT2D eigenvalue weighted by Gasteiger charge is -2.11. The molecule has 152 valence electrons. The number of aryl methyl sites for hydroxylation is 1. The number of aromatic nitrogens is 6. The van der Waals surface area contributed by atoms with Crippen molar-refractivity contribution in [2.75, 3.05) is 5.73 Å². The summed E-state index contributed by atoms with van der Waals surface area (Å²) in [5.41, 5.74) is 10.2. The van der Waals surface area contributed by atoms with Crippen LogP contribution >= 0.6 is 11.6 Å². The topological polar surface area (TPSA) is 111 Å². The number of halogens is 1. The molecular formula is C22H17ClN8. The molecule has 31 heavy (non-hydrogen) atoms. The number of nitrogen functional groups attached to an aromatic ring is 1. The van der Waals surface area contributed by atoms with Crippen molar-refractivity contribution in [1.29, 1.82) is 5.26 Å². The van der Waals surface area contributed by atoms with E-state index in [0.717, 1.165) is 27.7 Å². The fraction of sp³-hybridized carbons (Fsp3) is 0.136. The summed E-state index contributed by atoms with van der Waals surface area (Å²) in [6.07, 6.45) is 1.43. The molecule has 0 fully saturated rings. The monoisotopic (exact) mass is 428 g/mol. The van der Waals surface area contributed by atoms with Gasteiger partial charge in [0.1, 0.15) is 18.2 Å². The van der Waals surface area contributed by atoms with Gasteiger partial charge in [0.25, 0.3) is 0 Å². The van der Waals surface area contributed by atoms with Crippen LogP contribution in [0.3, 0.4) is 0 Å². The van der Waals surface area contributed by atoms with Gasteiger partial charge in [-0.2, -0.15) is 15.5 Å². The largest absolute Gasteiger partial charge is 0.383 e. The second-order valence-corrected chi connectivity index (χ2v) is 7.69. The van der Waals surface area contributed by atoms with E-state index < -0.39 is 0 Å². The first-order valence-corrected chi connectivity index (χ1v) is 10.0. The molecule has 0 saturated carbocycles. The summed E-state index contributed by atoms with van der Waals surface area (Å²) in [5.74, 6) is 0.395. The molecule has 8 nitrogen and oxygen atoms in total. The number of benzene rings is 2. The minimum absolute atomic E-state index is 0.260. The third-order valence-electron chi connectivity index (χ3n) is 5.38. The van der Waals surface area contributed by atoms with E-state index in [4.69, 9.17) is 22.4 Å². The maximum atomic E-state index is 9.59. The number of nitriles is 1. The molecule has 0 aliphatic heterocycles. The predicted octanol–water partition coefficient (Wildman–Crippen LogP) is 4.19. The van der Waals surface area contributed by atoms with Gasteiger partial charge in [-0.1, -0.05) is 23.7 Å². The van der Waals surface area contributed by atoms with Gasteiger partial charge in [-0.15, -0.1) is 0 Å². The molecule has 2 N–H and O–H groups in total. The summed E-state index contributed by atoms with van der Waals surface area (Å²) in [6, 6.07) is 14.9. The fourth-order valence-corrected chi connectivity index (χ4v) is 4.08. The molecule has 0 aliphatic carbocycles. The Morgan fingerprint density at radius 2 is 1.94 bits per heavy atom. The number of rotatable bonds is 3. The summed E-state index contributed by atoms with van der Waals surface area (Å²) in [4.78, 5) is 8.49. The van der Waals surface area contributed by atoms with Crippen LogP contribution < -0.4 is 5.73 Å². The van der Waals surface area contributed by atoms with E-state index in [9.17, 15) is 5.26 Å². The van der Waals surface area contributed by atoms with Crippen molar-refractivity contribution in [3.63, 3.8) is 0 Å². The first-order chi connectivity index (χ1) is 15.0. The molecule has 5 rings (SSSR count). The van der Waals surface area contributed by atoms with Crippen molar-refractivity contribution >= 4 is 39.4 Å². The summed E-state index contributed by atoms with van der Waals surface area (Å²) in [7, 11) is 0. The molecule has 0 radical (unpaired) electrons. The number of hydrogen-bond acceptors (Lipinski definition) is 6. The Kier molecular flexibility index (Phi) is 4.34. The Labute approximate surface area is 182 Å². The highest BCUT2D eigenvalue weighted by Crippen LogP contribution is 2.33. The van der Waals surface area contributed by atoms with Crippen molar-refractivity contribution in [2.45, 2.75) is 19.9 Å². The average Bonchev–Trinajstić information content (AvgIpc) is 3.31. The van der Waals surface area contributed by atoms with Gasteiger partial charge in [-0.3, -0.25) is 0 Å². The highest BCUT2D eigenvalue weighted by Gasteiger charge is 2.23. The lowest BCUT2D eigenvalue weighted by atomic mass is 10.1. The van der Waals surface area contributed by atoms with Gasteiger partial charge < -0.3 is 5.73 Å². The summed E-state index contributed by atoms with van der Waals surface area (Å²) in [6.45, 7) is 3.88. The van der Waals surface area contributed by atoms with Gasteiger partial charge in [-0.05, 0) is 44.2 Å². The predicted molar refractivity (Wildman–Crippen MR) is 119 cm³/mol. The molecular weight excluding hydrogens is 412 g/mol. The number of anilines is 1. The maximum absolute atomic E-state index is 9.59. The second-order valence-electron chi connectivity index (χ2n) is 7.25. The van der Waals surface area contributed by atoms with E-state index in [2.05, 4.69) is 21.1 Å². The van der Waals surface area contributed by atoms with Crippen LogP contribution in [0, 0.1) is 18.3 Å². The van der Waals surface area contributed by atoms with Crippen LogP contribution in [0.15, 0.2) is 48.8 Å². The van der Waals surface area contributed by atoms with Crippen LogP contribution in [0.1, 0.15) is 29.9 Å². The van der Waals surface area contributed by atoms with Crippen LogP contribution in [0.4, 0.5) is 5.82 Å². The van der Waals surface area contributed by atoms with Gasteiger partial charge >= 0.3 is 0 Å². The lowest BCUT2D eigenvalue weighted by molar-refractivity contribution is 0.559. The first-order valence-electron chi connectivity index (χ1n) is 9.62. The van der Waals surface area contributed by atoms with Crippen molar-refractivity contribution in [3.8, 4) is 11.8 Å². The van der Waals surface area contributed by atoms with Crippen molar-refractivity contribution in [1.82, 2.24) is 29.5 Å². The zero-order valence-corrected chi connectivity index (χ0v) is 17.5. The summed E-state index contributed by atoms with van der Waals surface area (Å²) >= 11 is 6.30. The minimum Gasteiger partial charge on any atom is -0.383 e. The molecule has 0 bridgehead atoms. The van der Waals surface area contributed by atoms with Crippen LogP contribution in [-0.4, -0.2) is 29.5 Å². The van der Waals surface area contributed by atoms with E-state index in [1.54, 1.807) is 15.4 Å². The molecule has 2 aromatic carbocycles. The van der Waals surface area contributed by atoms with Crippen LogP contribution in [0.25, 0.3) is 27.6 Å². The Hall–Kier alpha value is -3.96. The molecule has 0 amide bonds. The fourth-order valence-electron chi connectivity index (χ4n) is 3.91. The van der Waals surface area contributed by atoms with Gasteiger partial charge in [0.05, 0.1) is 39.6 Å². The number of hydrogen-bond donors (Lipinski definition) is 1. The Bertz CT molecular complexity index is 1510. The number of para-hydroxylation sites is 1. The van der Waals surface area contributed by atoms with Crippen molar-refractivity contribution in [2.24, 2.45) is 0 Å². The smallest absolute Gasteiger partial charge is 0.164 e. The molecule has 1 unspecified atom stereocenters. The third-order valence-corrected chi connectivity index (χ3v) is 5.62. The minimum atomic E-state index is -0.260. The van der Waals surface area contributed by atoms with E-state index in [1.165, 1.54) is 6.33 Å². The van der Waals surface area contributed by atoms with E-state index in [1.807, 2.05) is 50.2 Å². The summed E-state index contributed by atoms with van der Waals surface area (Å²) in [5, 5.41) is 21.4. The van der Waals surface area contributed by atoms with Gasteiger partial charge in [0, 0.05) is 10.4 Å². The lowest BCUT2D eigenvalue weighted by Crippen LogP contribution is -2.11. The van der Waals surface area contributed by atoms with Crippen LogP contribution in [0.2, 0.25) is 5.02 Å². The average molecular weight is 429 g/mol. The molecule has 0 spiro atoms. The van der Waals surface area contributed by atoms with Crippen LogP contribution in [0.5, 0.6) is 0 Å². The van der Waals surface area contributed by atoms with Crippen molar-refractivity contribution < 1.29 is 0 Å². The second kappa shape index (κ2) is 7.07. The standard InChI is InChI=1S/C22H17ClN8/c1-12-19-21(25)26-11-27-22(19)30(28-12)13(2)20-16-8-7-15(23)9-18(16)31(29-20)17-6-4-3-5-14(17)10-24/h3-9,11,13H,1-2H3,(H2,25,26,27). The highest BCUT2D eigenvalue weighted by atomic mass is 35.5. The molecule has 3 heterocycles. The van der Waals surface area contributed by atoms with Gasteiger partial charge in [0.15, 0.2) is 5.65 Å². The highest BCUT2D eigenvalue weighted by molar-refractivity contribution is 6.31. The van der Waals surface area contributed by atoms with E-state index >= 15 is 0 Å². The third kappa shape index (κ3) is 2.90. The van der Waals surface area contributed by atoms with Crippen molar-refractivity contribution in [3.05, 3.63) is 70.8 Å². The normalized spacial score (nSPS) is 12.3. The maximum Gasteiger partial charge on any atom is 0.164 e. The van der Waals surface area contributed by atoms with E-state index in [-0.39, 0.29) is 6.04 Å². The number of fused-ring (bicyclic) bond motifs is 2. The Morgan fingerprint density at radius 3 is 2.74 bits per heavy atom. The zero-order chi connectivity index (χ0) is 21.7. The molecule has 0 aliphatic rings. The number of nitrogens with two attached hydrogens (primary N) is 1. The van der Waals surface area contributed by atoms with Gasteiger partial charge in [0.2, 0.25) is 0 Å². The molecule has 3 aromatic heterocycles. The van der Waals surface area contributed by atoms with Crippen LogP contribution in [-0.2, 0) is 0 Å². The molecule has 5 aromatic rings. The van der Waals surface area contributed by atoms with Gasteiger partial charge in [-0.25, -0.2) is 19.3 Å². The molecule has 1 atom stereocenters. The Balaban J connectivity index is 1.77.